The highest BCUT2D eigenvalue weighted by Gasteiger charge is 2.26. The summed E-state index contributed by atoms with van der Waals surface area (Å²) >= 11 is 2.59. The van der Waals surface area contributed by atoms with Crippen molar-refractivity contribution in [2.24, 2.45) is 0 Å². The van der Waals surface area contributed by atoms with Crippen LogP contribution in [0, 0.1) is 0 Å². The van der Waals surface area contributed by atoms with E-state index >= 15 is 0 Å². The molecule has 1 rings (SSSR count). The van der Waals surface area contributed by atoms with E-state index in [0.717, 1.165) is 23.5 Å². The number of carbonyl (C=O) groups is 1. The first kappa shape index (κ1) is 16.5. The van der Waals surface area contributed by atoms with Crippen LogP contribution < -0.4 is 0 Å². The molecule has 1 aromatic rings. The fraction of sp³-hybridized carbons (Fsp3) is 0.545. The highest BCUT2D eigenvalue weighted by molar-refractivity contribution is 7.98. The van der Waals surface area contributed by atoms with Gasteiger partial charge in [-0.2, -0.15) is 16.1 Å². The lowest BCUT2D eigenvalue weighted by atomic mass is 10.3. The highest BCUT2D eigenvalue weighted by atomic mass is 32.2. The molecule has 0 saturated carbocycles. The van der Waals surface area contributed by atoms with E-state index in [1.165, 1.54) is 22.8 Å². The molecule has 0 radical (unpaired) electrons. The zero-order valence-corrected chi connectivity index (χ0v) is 13.4. The van der Waals surface area contributed by atoms with Crippen LogP contribution in [0.25, 0.3) is 0 Å². The molecule has 0 aromatic carbocycles. The number of aromatic carboxylic acids is 1. The van der Waals surface area contributed by atoms with Gasteiger partial charge in [0.1, 0.15) is 4.88 Å². The molecule has 1 aromatic heterocycles. The number of nitrogens with zero attached hydrogens (tertiary/aromatic N) is 1. The summed E-state index contributed by atoms with van der Waals surface area (Å²) in [7, 11) is -2.08. The maximum Gasteiger partial charge on any atom is 0.345 e. The van der Waals surface area contributed by atoms with E-state index in [1.54, 1.807) is 11.8 Å². The minimum absolute atomic E-state index is 0.0312. The topological polar surface area (TPSA) is 74.7 Å². The van der Waals surface area contributed by atoms with Crippen LogP contribution in [0.4, 0.5) is 0 Å². The normalized spacial score (nSPS) is 13.7. The number of carboxylic acids is 1. The van der Waals surface area contributed by atoms with Gasteiger partial charge in [-0.05, 0) is 31.4 Å². The Kier molecular flexibility index (Phi) is 5.84. The van der Waals surface area contributed by atoms with Crippen LogP contribution >= 0.6 is 23.1 Å². The first-order valence-corrected chi connectivity index (χ1v) is 9.31. The molecule has 0 bridgehead atoms. The Morgan fingerprint density at radius 1 is 1.58 bits per heavy atom. The lowest BCUT2D eigenvalue weighted by molar-refractivity contribution is 0.0702. The molecule has 0 aliphatic heterocycles. The molecule has 0 aliphatic carbocycles. The molecule has 0 spiro atoms. The monoisotopic (exact) mass is 323 g/mol. The molecule has 1 N–H and O–H groups in total. The Hall–Kier alpha value is -0.570. The van der Waals surface area contributed by atoms with Crippen molar-refractivity contribution < 1.29 is 18.3 Å². The molecule has 1 atom stereocenters. The van der Waals surface area contributed by atoms with Gasteiger partial charge in [0.25, 0.3) is 0 Å². The highest BCUT2D eigenvalue weighted by Crippen LogP contribution is 2.24. The van der Waals surface area contributed by atoms with Crippen LogP contribution in [-0.4, -0.2) is 48.9 Å². The Bertz CT molecular complexity index is 538. The Labute approximate surface area is 121 Å². The van der Waals surface area contributed by atoms with Gasteiger partial charge in [0, 0.05) is 18.5 Å². The summed E-state index contributed by atoms with van der Waals surface area (Å²) < 4.78 is 25.9. The predicted molar refractivity (Wildman–Crippen MR) is 78.7 cm³/mol. The zero-order valence-electron chi connectivity index (χ0n) is 11.0. The fourth-order valence-electron chi connectivity index (χ4n) is 1.44. The van der Waals surface area contributed by atoms with Gasteiger partial charge in [-0.1, -0.05) is 0 Å². The molecule has 5 nitrogen and oxygen atoms in total. The van der Waals surface area contributed by atoms with Crippen molar-refractivity contribution in [1.29, 1.82) is 0 Å². The quantitative estimate of drug-likeness (QED) is 0.832. The minimum Gasteiger partial charge on any atom is -0.477 e. The summed E-state index contributed by atoms with van der Waals surface area (Å²) in [6, 6.07) is 1.09. The summed E-state index contributed by atoms with van der Waals surface area (Å²) in [4.78, 5) is 10.9. The smallest absolute Gasteiger partial charge is 0.345 e. The summed E-state index contributed by atoms with van der Waals surface area (Å²) in [5, 5.41) is 10.2. The molecule has 1 heterocycles. The number of hydrogen-bond acceptors (Lipinski definition) is 5. The van der Waals surface area contributed by atoms with Crippen LogP contribution in [0.1, 0.15) is 23.0 Å². The second-order valence-corrected chi connectivity index (χ2v) is 8.00. The fourth-order valence-corrected chi connectivity index (χ4v) is 4.51. The number of thioether (sulfide) groups is 1. The van der Waals surface area contributed by atoms with E-state index in [9.17, 15) is 13.2 Å². The second-order valence-electron chi connectivity index (χ2n) is 4.10. The molecule has 19 heavy (non-hydrogen) atoms. The van der Waals surface area contributed by atoms with Crippen molar-refractivity contribution in [2.75, 3.05) is 19.1 Å². The SMILES string of the molecule is CSCCC(C)N(C)S(=O)(=O)c1csc(C(=O)O)c1. The van der Waals surface area contributed by atoms with Crippen LogP contribution in [0.3, 0.4) is 0 Å². The maximum absolute atomic E-state index is 12.3. The largest absolute Gasteiger partial charge is 0.477 e. The molecule has 108 valence electrons. The van der Waals surface area contributed by atoms with Gasteiger partial charge in [-0.3, -0.25) is 0 Å². The summed E-state index contributed by atoms with van der Waals surface area (Å²) in [5.41, 5.74) is 0. The lowest BCUT2D eigenvalue weighted by Gasteiger charge is -2.23. The van der Waals surface area contributed by atoms with Crippen molar-refractivity contribution in [3.8, 4) is 0 Å². The van der Waals surface area contributed by atoms with E-state index in [2.05, 4.69) is 0 Å². The van der Waals surface area contributed by atoms with Crippen LogP contribution in [0.2, 0.25) is 0 Å². The molecule has 0 saturated heterocycles. The van der Waals surface area contributed by atoms with Gasteiger partial charge >= 0.3 is 5.97 Å². The van der Waals surface area contributed by atoms with Gasteiger partial charge in [0.15, 0.2) is 0 Å². The second kappa shape index (κ2) is 6.74. The summed E-state index contributed by atoms with van der Waals surface area (Å²) in [6.45, 7) is 1.85. The molecule has 0 amide bonds. The van der Waals surface area contributed by atoms with Crippen molar-refractivity contribution in [2.45, 2.75) is 24.3 Å². The van der Waals surface area contributed by atoms with Gasteiger partial charge in [0.05, 0.1) is 4.90 Å². The molecule has 0 fully saturated rings. The van der Waals surface area contributed by atoms with E-state index in [1.807, 2.05) is 13.2 Å². The van der Waals surface area contributed by atoms with Crippen LogP contribution in [-0.2, 0) is 10.0 Å². The Morgan fingerprint density at radius 3 is 2.68 bits per heavy atom. The first-order chi connectivity index (χ1) is 8.80. The predicted octanol–water partition coefficient (Wildman–Crippen LogP) is 2.21. The molecule has 1 unspecified atom stereocenters. The standard InChI is InChI=1S/C11H17NO4S3/c1-8(4-5-17-3)12(2)19(15,16)9-6-10(11(13)14)18-7-9/h6-8H,4-5H2,1-3H3,(H,13,14). The van der Waals surface area contributed by atoms with Gasteiger partial charge in [0.2, 0.25) is 10.0 Å². The van der Waals surface area contributed by atoms with E-state index in [-0.39, 0.29) is 15.8 Å². The van der Waals surface area contributed by atoms with Crippen LogP contribution in [0.5, 0.6) is 0 Å². The lowest BCUT2D eigenvalue weighted by Crippen LogP contribution is -2.35. The van der Waals surface area contributed by atoms with Crippen LogP contribution in [0.15, 0.2) is 16.3 Å². The van der Waals surface area contributed by atoms with Crippen molar-refractivity contribution in [1.82, 2.24) is 4.31 Å². The number of carboxylic acid groups (broad SMARTS) is 1. The van der Waals surface area contributed by atoms with Crippen molar-refractivity contribution in [3.05, 3.63) is 16.3 Å². The number of rotatable bonds is 7. The minimum atomic E-state index is -3.61. The zero-order chi connectivity index (χ0) is 14.6. The summed E-state index contributed by atoms with van der Waals surface area (Å²) in [6.07, 6.45) is 2.73. The maximum atomic E-state index is 12.3. The number of thiophene rings is 1. The third-order valence-electron chi connectivity index (χ3n) is 2.82. The molecule has 8 heteroatoms. The number of sulfonamides is 1. The third-order valence-corrected chi connectivity index (χ3v) is 6.48. The van der Waals surface area contributed by atoms with Gasteiger partial charge < -0.3 is 5.11 Å². The molecular formula is C11H17NO4S3. The molecular weight excluding hydrogens is 306 g/mol. The average molecular weight is 323 g/mol. The van der Waals surface area contributed by atoms with Crippen molar-refractivity contribution in [3.63, 3.8) is 0 Å². The first-order valence-electron chi connectivity index (χ1n) is 5.59. The van der Waals surface area contributed by atoms with Crippen molar-refractivity contribution >= 4 is 39.1 Å². The Balaban J connectivity index is 2.92. The summed E-state index contributed by atoms with van der Waals surface area (Å²) in [5.74, 6) is -0.227. The van der Waals surface area contributed by atoms with E-state index in [4.69, 9.17) is 5.11 Å². The molecule has 0 aliphatic rings. The van der Waals surface area contributed by atoms with E-state index < -0.39 is 16.0 Å². The average Bonchev–Trinajstić information content (AvgIpc) is 2.85. The van der Waals surface area contributed by atoms with E-state index in [0.29, 0.717) is 0 Å². The van der Waals surface area contributed by atoms with Gasteiger partial charge in [-0.15, -0.1) is 11.3 Å². The Morgan fingerprint density at radius 2 is 2.21 bits per heavy atom. The third kappa shape index (κ3) is 3.95. The van der Waals surface area contributed by atoms with Gasteiger partial charge in [-0.25, -0.2) is 13.2 Å². The number of hydrogen-bond donors (Lipinski definition) is 1.